The van der Waals surface area contributed by atoms with Gasteiger partial charge in [-0.2, -0.15) is 0 Å². The highest BCUT2D eigenvalue weighted by atomic mass is 15.2. The summed E-state index contributed by atoms with van der Waals surface area (Å²) < 4.78 is 0. The van der Waals surface area contributed by atoms with Crippen molar-refractivity contribution in [3.63, 3.8) is 0 Å². The SMILES string of the molecule is Cc1cnc(N(C)CC2CCC2)cc1N. The van der Waals surface area contributed by atoms with Crippen molar-refractivity contribution in [1.29, 1.82) is 0 Å². The van der Waals surface area contributed by atoms with Gasteiger partial charge in [-0.1, -0.05) is 6.42 Å². The van der Waals surface area contributed by atoms with Crippen molar-refractivity contribution in [3.8, 4) is 0 Å². The maximum atomic E-state index is 5.87. The summed E-state index contributed by atoms with van der Waals surface area (Å²) in [6, 6.07) is 1.97. The van der Waals surface area contributed by atoms with Gasteiger partial charge in [-0.25, -0.2) is 4.98 Å². The fraction of sp³-hybridized carbons (Fsp3) is 0.583. The van der Waals surface area contributed by atoms with Crippen molar-refractivity contribution in [2.45, 2.75) is 26.2 Å². The molecule has 0 saturated heterocycles. The number of aromatic nitrogens is 1. The van der Waals surface area contributed by atoms with Crippen molar-refractivity contribution in [1.82, 2.24) is 4.98 Å². The number of hydrogen-bond acceptors (Lipinski definition) is 3. The molecule has 1 aromatic rings. The molecule has 0 bridgehead atoms. The first kappa shape index (κ1) is 10.3. The number of nitrogen functional groups attached to an aromatic ring is 1. The van der Waals surface area contributed by atoms with E-state index < -0.39 is 0 Å². The van der Waals surface area contributed by atoms with Crippen molar-refractivity contribution in [2.24, 2.45) is 5.92 Å². The molecular formula is C12H19N3. The summed E-state index contributed by atoms with van der Waals surface area (Å²) in [6.07, 6.45) is 5.97. The molecule has 1 aliphatic carbocycles. The third kappa shape index (κ3) is 2.22. The summed E-state index contributed by atoms with van der Waals surface area (Å²) in [6.45, 7) is 3.09. The smallest absolute Gasteiger partial charge is 0.130 e. The molecule has 1 aromatic heterocycles. The van der Waals surface area contributed by atoms with E-state index >= 15 is 0 Å². The summed E-state index contributed by atoms with van der Waals surface area (Å²) in [5, 5.41) is 0. The Balaban J connectivity index is 2.03. The van der Waals surface area contributed by atoms with Crippen LogP contribution < -0.4 is 10.6 Å². The predicted molar refractivity (Wildman–Crippen MR) is 64.0 cm³/mol. The van der Waals surface area contributed by atoms with E-state index in [-0.39, 0.29) is 0 Å². The van der Waals surface area contributed by atoms with Crippen molar-refractivity contribution in [2.75, 3.05) is 24.2 Å². The number of nitrogens with two attached hydrogens (primary N) is 1. The second-order valence-electron chi connectivity index (χ2n) is 4.58. The number of aryl methyl sites for hydroxylation is 1. The largest absolute Gasteiger partial charge is 0.398 e. The lowest BCUT2D eigenvalue weighted by Crippen LogP contribution is -2.29. The molecule has 0 aliphatic heterocycles. The summed E-state index contributed by atoms with van der Waals surface area (Å²) in [5.74, 6) is 1.85. The first-order valence-corrected chi connectivity index (χ1v) is 5.60. The molecule has 0 amide bonds. The van der Waals surface area contributed by atoms with Crippen LogP contribution in [0.15, 0.2) is 12.3 Å². The summed E-state index contributed by atoms with van der Waals surface area (Å²) in [4.78, 5) is 6.60. The van der Waals surface area contributed by atoms with E-state index in [1.165, 1.54) is 19.3 Å². The standard InChI is InChI=1S/C12H19N3/c1-9-7-14-12(6-11(9)13)15(2)8-10-4-3-5-10/h6-7,10H,3-5,8H2,1-2H3,(H2,13,14). The monoisotopic (exact) mass is 205 g/mol. The Morgan fingerprint density at radius 3 is 2.80 bits per heavy atom. The van der Waals surface area contributed by atoms with Gasteiger partial charge in [-0.05, 0) is 31.2 Å². The van der Waals surface area contributed by atoms with Gasteiger partial charge in [-0.15, -0.1) is 0 Å². The van der Waals surface area contributed by atoms with E-state index in [2.05, 4.69) is 16.9 Å². The van der Waals surface area contributed by atoms with E-state index in [1.54, 1.807) is 0 Å². The molecule has 82 valence electrons. The Morgan fingerprint density at radius 1 is 1.53 bits per heavy atom. The zero-order chi connectivity index (χ0) is 10.8. The molecule has 0 aromatic carbocycles. The van der Waals surface area contributed by atoms with Crippen LogP contribution in [0.25, 0.3) is 0 Å². The van der Waals surface area contributed by atoms with Crippen LogP contribution in [0.5, 0.6) is 0 Å². The second-order valence-corrected chi connectivity index (χ2v) is 4.58. The fourth-order valence-corrected chi connectivity index (χ4v) is 1.89. The molecule has 2 N–H and O–H groups in total. The number of anilines is 2. The molecule has 0 atom stereocenters. The highest BCUT2D eigenvalue weighted by Crippen LogP contribution is 2.28. The lowest BCUT2D eigenvalue weighted by Gasteiger charge is -2.30. The molecule has 0 radical (unpaired) electrons. The first-order valence-electron chi connectivity index (χ1n) is 5.60. The van der Waals surface area contributed by atoms with Crippen LogP contribution in [0.3, 0.4) is 0 Å². The number of rotatable bonds is 3. The van der Waals surface area contributed by atoms with E-state index in [4.69, 9.17) is 5.73 Å². The maximum absolute atomic E-state index is 5.87. The van der Waals surface area contributed by atoms with Gasteiger partial charge >= 0.3 is 0 Å². The lowest BCUT2D eigenvalue weighted by molar-refractivity contribution is 0.321. The maximum Gasteiger partial charge on any atom is 0.130 e. The normalized spacial score (nSPS) is 16.1. The number of pyridine rings is 1. The highest BCUT2D eigenvalue weighted by Gasteiger charge is 2.19. The van der Waals surface area contributed by atoms with Crippen LogP contribution in [-0.4, -0.2) is 18.6 Å². The van der Waals surface area contributed by atoms with Gasteiger partial charge < -0.3 is 10.6 Å². The Bertz CT molecular complexity index is 345. The van der Waals surface area contributed by atoms with Crippen molar-refractivity contribution >= 4 is 11.5 Å². The van der Waals surface area contributed by atoms with Crippen LogP contribution in [0.1, 0.15) is 24.8 Å². The van der Waals surface area contributed by atoms with Gasteiger partial charge in [0.25, 0.3) is 0 Å². The quantitative estimate of drug-likeness (QED) is 0.822. The molecule has 1 saturated carbocycles. The van der Waals surface area contributed by atoms with Crippen LogP contribution >= 0.6 is 0 Å². The Morgan fingerprint density at radius 2 is 2.27 bits per heavy atom. The molecule has 0 spiro atoms. The van der Waals surface area contributed by atoms with Gasteiger partial charge in [0.2, 0.25) is 0 Å². The zero-order valence-corrected chi connectivity index (χ0v) is 9.53. The van der Waals surface area contributed by atoms with Gasteiger partial charge in [0.05, 0.1) is 0 Å². The van der Waals surface area contributed by atoms with Crippen molar-refractivity contribution < 1.29 is 0 Å². The molecule has 1 aliphatic rings. The highest BCUT2D eigenvalue weighted by molar-refractivity contribution is 5.54. The van der Waals surface area contributed by atoms with Crippen LogP contribution in [0.4, 0.5) is 11.5 Å². The van der Waals surface area contributed by atoms with Gasteiger partial charge in [0, 0.05) is 31.5 Å². The average Bonchev–Trinajstić information content (AvgIpc) is 2.15. The summed E-state index contributed by atoms with van der Waals surface area (Å²) in [7, 11) is 2.09. The van der Waals surface area contributed by atoms with Crippen LogP contribution in [0.2, 0.25) is 0 Å². The third-order valence-electron chi connectivity index (χ3n) is 3.28. The van der Waals surface area contributed by atoms with Gasteiger partial charge in [0.15, 0.2) is 0 Å². The Kier molecular flexibility index (Phi) is 2.80. The lowest BCUT2D eigenvalue weighted by atomic mass is 9.85. The average molecular weight is 205 g/mol. The molecule has 3 heteroatoms. The molecule has 0 unspecified atom stereocenters. The Labute approximate surface area is 91.3 Å². The molecule has 15 heavy (non-hydrogen) atoms. The van der Waals surface area contributed by atoms with E-state index in [1.807, 2.05) is 19.2 Å². The van der Waals surface area contributed by atoms with E-state index in [0.29, 0.717) is 0 Å². The Hall–Kier alpha value is -1.25. The van der Waals surface area contributed by atoms with Crippen molar-refractivity contribution in [3.05, 3.63) is 17.8 Å². The number of nitrogens with zero attached hydrogens (tertiary/aromatic N) is 2. The van der Waals surface area contributed by atoms with Crippen LogP contribution in [0, 0.1) is 12.8 Å². The van der Waals surface area contributed by atoms with E-state index in [0.717, 1.165) is 29.5 Å². The predicted octanol–water partition coefficient (Wildman–Crippen LogP) is 2.21. The molecule has 3 nitrogen and oxygen atoms in total. The van der Waals surface area contributed by atoms with Gasteiger partial charge in [0.1, 0.15) is 5.82 Å². The summed E-state index contributed by atoms with van der Waals surface area (Å²) in [5.41, 5.74) is 7.75. The molecular weight excluding hydrogens is 186 g/mol. The minimum atomic E-state index is 0.834. The van der Waals surface area contributed by atoms with E-state index in [9.17, 15) is 0 Å². The van der Waals surface area contributed by atoms with Crippen LogP contribution in [-0.2, 0) is 0 Å². The topological polar surface area (TPSA) is 42.2 Å². The molecule has 1 heterocycles. The second kappa shape index (κ2) is 4.09. The molecule has 1 fully saturated rings. The summed E-state index contributed by atoms with van der Waals surface area (Å²) >= 11 is 0. The molecule has 2 rings (SSSR count). The van der Waals surface area contributed by atoms with Gasteiger partial charge in [-0.3, -0.25) is 0 Å². The minimum Gasteiger partial charge on any atom is -0.398 e. The third-order valence-corrected chi connectivity index (χ3v) is 3.28. The first-order chi connectivity index (χ1) is 7.16. The number of hydrogen-bond donors (Lipinski definition) is 1. The zero-order valence-electron chi connectivity index (χ0n) is 9.53. The minimum absolute atomic E-state index is 0.834. The fourth-order valence-electron chi connectivity index (χ4n) is 1.89.